The molecule has 1 rings (SSSR count). The van der Waals surface area contributed by atoms with Crippen LogP contribution in [-0.2, 0) is 11.2 Å². The number of phenolic OH excluding ortho intramolecular Hbond substituents is 1. The average molecular weight is 263 g/mol. The molecule has 19 heavy (non-hydrogen) atoms. The highest BCUT2D eigenvalue weighted by molar-refractivity contribution is 5.80. The minimum absolute atomic E-state index is 0.220. The summed E-state index contributed by atoms with van der Waals surface area (Å²) in [5.41, 5.74) is 6.48. The molecule has 0 aliphatic rings. The third kappa shape index (κ3) is 6.39. The lowest BCUT2D eigenvalue weighted by atomic mass is 9.92. The molecule has 0 aliphatic carbocycles. The molecule has 0 aliphatic heterocycles. The fraction of sp³-hybridized carbons (Fsp3) is 0.562. The average Bonchev–Trinajstić information content (AvgIpc) is 2.36. The van der Waals surface area contributed by atoms with Crippen molar-refractivity contribution in [2.75, 3.05) is 6.54 Å². The fourth-order valence-electron chi connectivity index (χ4n) is 2.42. The van der Waals surface area contributed by atoms with Crippen LogP contribution in [-0.4, -0.2) is 17.4 Å². The molecule has 0 saturated heterocycles. The van der Waals surface area contributed by atoms with Gasteiger partial charge in [0.2, 0.25) is 0 Å². The van der Waals surface area contributed by atoms with Crippen LogP contribution in [0.4, 0.5) is 0 Å². The van der Waals surface area contributed by atoms with Gasteiger partial charge in [0, 0.05) is 12.8 Å². The number of hydrogen-bond acceptors (Lipinski definition) is 3. The maximum atomic E-state index is 11.9. The molecule has 1 aromatic carbocycles. The van der Waals surface area contributed by atoms with Gasteiger partial charge in [-0.15, -0.1) is 0 Å². The largest absolute Gasteiger partial charge is 0.508 e. The molecule has 0 bridgehead atoms. The maximum absolute atomic E-state index is 11.9. The SMILES string of the molecule is CCCC(CCN)CCC(=O)Cc1cccc(O)c1. The summed E-state index contributed by atoms with van der Waals surface area (Å²) in [6.07, 6.45) is 5.26. The molecule has 0 aromatic heterocycles. The van der Waals surface area contributed by atoms with Crippen molar-refractivity contribution in [1.82, 2.24) is 0 Å². The van der Waals surface area contributed by atoms with Crippen LogP contribution in [0, 0.1) is 5.92 Å². The summed E-state index contributed by atoms with van der Waals surface area (Å²) in [5.74, 6) is 1.03. The number of ketones is 1. The topological polar surface area (TPSA) is 63.3 Å². The van der Waals surface area contributed by atoms with Gasteiger partial charge in [-0.05, 0) is 43.0 Å². The van der Waals surface area contributed by atoms with E-state index in [1.54, 1.807) is 18.2 Å². The van der Waals surface area contributed by atoms with Crippen molar-refractivity contribution in [2.24, 2.45) is 11.7 Å². The summed E-state index contributed by atoms with van der Waals surface area (Å²) in [6, 6.07) is 6.92. The predicted octanol–water partition coefficient (Wildman–Crippen LogP) is 3.05. The Labute approximate surface area is 115 Å². The van der Waals surface area contributed by atoms with Gasteiger partial charge in [0.1, 0.15) is 11.5 Å². The highest BCUT2D eigenvalue weighted by Gasteiger charge is 2.10. The molecule has 0 amide bonds. The number of benzene rings is 1. The fourth-order valence-corrected chi connectivity index (χ4v) is 2.42. The van der Waals surface area contributed by atoms with Crippen LogP contribution in [0.15, 0.2) is 24.3 Å². The standard InChI is InChI=1S/C16H25NO2/c1-2-4-13(9-10-17)7-8-16(19)12-14-5-3-6-15(18)11-14/h3,5-6,11,13,18H,2,4,7-10,12,17H2,1H3. The molecule has 3 heteroatoms. The Hall–Kier alpha value is -1.35. The molecule has 0 heterocycles. The van der Waals surface area contributed by atoms with Gasteiger partial charge in [-0.25, -0.2) is 0 Å². The van der Waals surface area contributed by atoms with E-state index in [0.29, 0.717) is 25.3 Å². The molecule has 0 spiro atoms. The molecule has 106 valence electrons. The van der Waals surface area contributed by atoms with Crippen LogP contribution in [0.1, 0.15) is 44.6 Å². The molecular weight excluding hydrogens is 238 g/mol. The third-order valence-corrected chi connectivity index (χ3v) is 3.42. The zero-order valence-corrected chi connectivity index (χ0v) is 11.8. The maximum Gasteiger partial charge on any atom is 0.137 e. The van der Waals surface area contributed by atoms with Gasteiger partial charge in [0.15, 0.2) is 0 Å². The van der Waals surface area contributed by atoms with Crippen molar-refractivity contribution in [2.45, 2.75) is 45.4 Å². The number of carbonyl (C=O) groups excluding carboxylic acids is 1. The van der Waals surface area contributed by atoms with Gasteiger partial charge in [-0.1, -0.05) is 31.9 Å². The molecular formula is C16H25NO2. The Morgan fingerprint density at radius 3 is 2.74 bits per heavy atom. The summed E-state index contributed by atoms with van der Waals surface area (Å²) in [4.78, 5) is 11.9. The van der Waals surface area contributed by atoms with Crippen LogP contribution in [0.2, 0.25) is 0 Å². The zero-order chi connectivity index (χ0) is 14.1. The molecule has 0 fully saturated rings. The second-order valence-electron chi connectivity index (χ2n) is 5.16. The summed E-state index contributed by atoms with van der Waals surface area (Å²) in [7, 11) is 0. The van der Waals surface area contributed by atoms with Crippen molar-refractivity contribution in [3.8, 4) is 5.75 Å². The van der Waals surface area contributed by atoms with E-state index < -0.39 is 0 Å². The first kappa shape index (κ1) is 15.7. The second kappa shape index (κ2) is 8.70. The van der Waals surface area contributed by atoms with Crippen LogP contribution in [0.3, 0.4) is 0 Å². The van der Waals surface area contributed by atoms with Crippen molar-refractivity contribution in [3.63, 3.8) is 0 Å². The third-order valence-electron chi connectivity index (χ3n) is 3.42. The van der Waals surface area contributed by atoms with Gasteiger partial charge in [0.05, 0.1) is 0 Å². The van der Waals surface area contributed by atoms with E-state index in [1.165, 1.54) is 0 Å². The quantitative estimate of drug-likeness (QED) is 0.719. The molecule has 0 saturated carbocycles. The van der Waals surface area contributed by atoms with E-state index in [9.17, 15) is 9.90 Å². The molecule has 0 radical (unpaired) electrons. The van der Waals surface area contributed by atoms with Crippen molar-refractivity contribution < 1.29 is 9.90 Å². The lowest BCUT2D eigenvalue weighted by molar-refractivity contribution is -0.118. The van der Waals surface area contributed by atoms with Gasteiger partial charge < -0.3 is 10.8 Å². The first-order valence-corrected chi connectivity index (χ1v) is 7.15. The highest BCUT2D eigenvalue weighted by atomic mass is 16.3. The van der Waals surface area contributed by atoms with E-state index >= 15 is 0 Å². The summed E-state index contributed by atoms with van der Waals surface area (Å²) < 4.78 is 0. The molecule has 1 unspecified atom stereocenters. The van der Waals surface area contributed by atoms with E-state index in [4.69, 9.17) is 5.73 Å². The number of Topliss-reactive ketones (excluding diaryl/α,β-unsaturated/α-hetero) is 1. The molecule has 3 N–H and O–H groups in total. The van der Waals surface area contributed by atoms with E-state index in [2.05, 4.69) is 6.92 Å². The highest BCUT2D eigenvalue weighted by Crippen LogP contribution is 2.18. The van der Waals surface area contributed by atoms with Crippen LogP contribution in [0.25, 0.3) is 0 Å². The Balaban J connectivity index is 2.38. The van der Waals surface area contributed by atoms with E-state index in [-0.39, 0.29) is 11.5 Å². The summed E-state index contributed by atoms with van der Waals surface area (Å²) in [5, 5.41) is 9.36. The minimum atomic E-state index is 0.220. The summed E-state index contributed by atoms with van der Waals surface area (Å²) in [6.45, 7) is 2.86. The van der Waals surface area contributed by atoms with Crippen molar-refractivity contribution in [3.05, 3.63) is 29.8 Å². The van der Waals surface area contributed by atoms with Crippen LogP contribution >= 0.6 is 0 Å². The van der Waals surface area contributed by atoms with Gasteiger partial charge in [-0.2, -0.15) is 0 Å². The van der Waals surface area contributed by atoms with Crippen molar-refractivity contribution in [1.29, 1.82) is 0 Å². The molecule has 1 aromatic rings. The number of nitrogens with two attached hydrogens (primary N) is 1. The molecule has 3 nitrogen and oxygen atoms in total. The first-order chi connectivity index (χ1) is 9.15. The molecule has 1 atom stereocenters. The van der Waals surface area contributed by atoms with Crippen LogP contribution < -0.4 is 5.73 Å². The van der Waals surface area contributed by atoms with Crippen LogP contribution in [0.5, 0.6) is 5.75 Å². The predicted molar refractivity (Wildman–Crippen MR) is 78.1 cm³/mol. The Morgan fingerprint density at radius 2 is 2.11 bits per heavy atom. The number of hydrogen-bond donors (Lipinski definition) is 2. The minimum Gasteiger partial charge on any atom is -0.508 e. The lowest BCUT2D eigenvalue weighted by Crippen LogP contribution is -2.11. The normalized spacial score (nSPS) is 12.3. The Morgan fingerprint density at radius 1 is 1.32 bits per heavy atom. The van der Waals surface area contributed by atoms with Gasteiger partial charge in [-0.3, -0.25) is 4.79 Å². The van der Waals surface area contributed by atoms with E-state index in [0.717, 1.165) is 31.2 Å². The van der Waals surface area contributed by atoms with Gasteiger partial charge in [0.25, 0.3) is 0 Å². The van der Waals surface area contributed by atoms with Crippen molar-refractivity contribution >= 4 is 5.78 Å². The van der Waals surface area contributed by atoms with E-state index in [1.807, 2.05) is 6.07 Å². The van der Waals surface area contributed by atoms with Gasteiger partial charge >= 0.3 is 0 Å². The number of rotatable bonds is 9. The monoisotopic (exact) mass is 263 g/mol. The number of aromatic hydroxyl groups is 1. The Bertz CT molecular complexity index is 384. The lowest BCUT2D eigenvalue weighted by Gasteiger charge is -2.14. The smallest absolute Gasteiger partial charge is 0.137 e. The second-order valence-corrected chi connectivity index (χ2v) is 5.16. The summed E-state index contributed by atoms with van der Waals surface area (Å²) >= 11 is 0. The zero-order valence-electron chi connectivity index (χ0n) is 11.8. The number of phenols is 1. The Kier molecular flexibility index (Phi) is 7.19. The number of carbonyl (C=O) groups is 1. The first-order valence-electron chi connectivity index (χ1n) is 7.15.